The van der Waals surface area contributed by atoms with Gasteiger partial charge in [0.05, 0.1) is 11.1 Å². The summed E-state index contributed by atoms with van der Waals surface area (Å²) in [5, 5.41) is 10.7. The number of aryl methyl sites for hydroxylation is 2. The van der Waals surface area contributed by atoms with Crippen molar-refractivity contribution in [2.45, 2.75) is 39.2 Å². The third-order valence-corrected chi connectivity index (χ3v) is 5.79. The zero-order valence-corrected chi connectivity index (χ0v) is 16.7. The van der Waals surface area contributed by atoms with E-state index < -0.39 is 5.97 Å². The number of hydrogen-bond acceptors (Lipinski definition) is 2. The maximum Gasteiger partial charge on any atom is 0.337 e. The molecule has 5 heteroatoms. The van der Waals surface area contributed by atoms with Crippen LogP contribution in [0.25, 0.3) is 10.9 Å². The highest BCUT2D eigenvalue weighted by Crippen LogP contribution is 2.33. The zero-order valence-electron chi connectivity index (χ0n) is 16.7. The van der Waals surface area contributed by atoms with Gasteiger partial charge in [-0.05, 0) is 36.5 Å². The lowest BCUT2D eigenvalue weighted by Crippen LogP contribution is -2.39. The van der Waals surface area contributed by atoms with E-state index in [0.29, 0.717) is 24.3 Å². The second kappa shape index (κ2) is 8.11. The van der Waals surface area contributed by atoms with Gasteiger partial charge < -0.3 is 14.6 Å². The number of rotatable bonds is 7. The molecule has 0 aliphatic carbocycles. The van der Waals surface area contributed by atoms with Crippen molar-refractivity contribution in [2.75, 3.05) is 13.1 Å². The zero-order chi connectivity index (χ0) is 20.4. The molecular formula is C24H26N2O3. The lowest BCUT2D eigenvalue weighted by Gasteiger charge is -2.28. The van der Waals surface area contributed by atoms with Crippen molar-refractivity contribution < 1.29 is 14.7 Å². The average molecular weight is 390 g/mol. The van der Waals surface area contributed by atoms with E-state index >= 15 is 0 Å². The molecule has 0 saturated heterocycles. The molecule has 150 valence electrons. The number of benzene rings is 2. The van der Waals surface area contributed by atoms with Gasteiger partial charge in [0.1, 0.15) is 5.69 Å². The quantitative estimate of drug-likeness (QED) is 0.651. The molecule has 0 saturated carbocycles. The molecular weight excluding hydrogens is 364 g/mol. The molecule has 1 aliphatic rings. The molecule has 2 aromatic carbocycles. The Morgan fingerprint density at radius 1 is 1.07 bits per heavy atom. The maximum absolute atomic E-state index is 13.4. The SMILES string of the molecule is CCCCN1CCc2c(n(CCc3ccccc3)c3c(C(=O)O)cccc23)C1=O. The van der Waals surface area contributed by atoms with Crippen LogP contribution >= 0.6 is 0 Å². The number of para-hydroxylation sites is 1. The Hall–Kier alpha value is -3.08. The number of unbranched alkanes of at least 4 members (excludes halogenated alkanes) is 1. The van der Waals surface area contributed by atoms with Gasteiger partial charge in [-0.3, -0.25) is 4.79 Å². The van der Waals surface area contributed by atoms with Crippen LogP contribution < -0.4 is 0 Å². The van der Waals surface area contributed by atoms with Gasteiger partial charge in [0.15, 0.2) is 0 Å². The van der Waals surface area contributed by atoms with Gasteiger partial charge >= 0.3 is 5.97 Å². The van der Waals surface area contributed by atoms with Crippen LogP contribution in [-0.2, 0) is 19.4 Å². The molecule has 0 spiro atoms. The minimum atomic E-state index is -0.957. The first-order valence-electron chi connectivity index (χ1n) is 10.3. The van der Waals surface area contributed by atoms with Crippen LogP contribution in [0.5, 0.6) is 0 Å². The third-order valence-electron chi connectivity index (χ3n) is 5.79. The molecule has 2 heterocycles. The summed E-state index contributed by atoms with van der Waals surface area (Å²) >= 11 is 0. The average Bonchev–Trinajstić information content (AvgIpc) is 3.07. The van der Waals surface area contributed by atoms with E-state index in [4.69, 9.17) is 0 Å². The molecule has 1 aliphatic heterocycles. The van der Waals surface area contributed by atoms with Crippen molar-refractivity contribution in [1.29, 1.82) is 0 Å². The van der Waals surface area contributed by atoms with Crippen molar-refractivity contribution in [2.24, 2.45) is 0 Å². The summed E-state index contributed by atoms with van der Waals surface area (Å²) < 4.78 is 1.96. The molecule has 4 rings (SSSR count). The summed E-state index contributed by atoms with van der Waals surface area (Å²) in [5.41, 5.74) is 3.77. The van der Waals surface area contributed by atoms with Crippen LogP contribution in [0.4, 0.5) is 0 Å². The molecule has 29 heavy (non-hydrogen) atoms. The van der Waals surface area contributed by atoms with Crippen LogP contribution in [-0.4, -0.2) is 39.5 Å². The first-order valence-corrected chi connectivity index (χ1v) is 10.3. The smallest absolute Gasteiger partial charge is 0.337 e. The second-order valence-corrected chi connectivity index (χ2v) is 7.62. The Morgan fingerprint density at radius 2 is 1.86 bits per heavy atom. The first kappa shape index (κ1) is 19.2. The van der Waals surface area contributed by atoms with E-state index in [1.54, 1.807) is 12.1 Å². The number of aromatic carboxylic acids is 1. The highest BCUT2D eigenvalue weighted by Gasteiger charge is 2.32. The van der Waals surface area contributed by atoms with Crippen molar-refractivity contribution in [1.82, 2.24) is 9.47 Å². The Kier molecular flexibility index (Phi) is 5.38. The van der Waals surface area contributed by atoms with Gasteiger partial charge in [0.2, 0.25) is 0 Å². The molecule has 1 amide bonds. The van der Waals surface area contributed by atoms with Gasteiger partial charge in [-0.15, -0.1) is 0 Å². The van der Waals surface area contributed by atoms with Crippen molar-refractivity contribution in [3.05, 3.63) is 70.9 Å². The predicted molar refractivity (Wildman–Crippen MR) is 114 cm³/mol. The lowest BCUT2D eigenvalue weighted by molar-refractivity contribution is 0.0693. The van der Waals surface area contributed by atoms with Crippen LogP contribution in [0.1, 0.15) is 51.7 Å². The monoisotopic (exact) mass is 390 g/mol. The Morgan fingerprint density at radius 3 is 2.59 bits per heavy atom. The number of carbonyl (C=O) groups excluding carboxylic acids is 1. The second-order valence-electron chi connectivity index (χ2n) is 7.62. The molecule has 0 unspecified atom stereocenters. The summed E-state index contributed by atoms with van der Waals surface area (Å²) in [6.07, 6.45) is 3.53. The third kappa shape index (κ3) is 3.53. The van der Waals surface area contributed by atoms with Crippen LogP contribution in [0.3, 0.4) is 0 Å². The number of carboxylic acid groups (broad SMARTS) is 1. The molecule has 0 bridgehead atoms. The van der Waals surface area contributed by atoms with Gasteiger partial charge in [-0.2, -0.15) is 0 Å². The largest absolute Gasteiger partial charge is 0.478 e. The number of hydrogen-bond donors (Lipinski definition) is 1. The summed E-state index contributed by atoms with van der Waals surface area (Å²) in [7, 11) is 0. The Bertz CT molecular complexity index is 1050. The highest BCUT2D eigenvalue weighted by atomic mass is 16.4. The molecule has 3 aromatic rings. The number of carbonyl (C=O) groups is 2. The fraction of sp³-hybridized carbons (Fsp3) is 0.333. The predicted octanol–water partition coefficient (Wildman–Crippen LogP) is 4.38. The topological polar surface area (TPSA) is 62.5 Å². The van der Waals surface area contributed by atoms with Crippen molar-refractivity contribution >= 4 is 22.8 Å². The van der Waals surface area contributed by atoms with Gasteiger partial charge in [0, 0.05) is 25.0 Å². The first-order chi connectivity index (χ1) is 14.1. The van der Waals surface area contributed by atoms with Gasteiger partial charge in [0.25, 0.3) is 5.91 Å². The van der Waals surface area contributed by atoms with E-state index in [0.717, 1.165) is 43.2 Å². The van der Waals surface area contributed by atoms with Crippen molar-refractivity contribution in [3.63, 3.8) is 0 Å². The standard InChI is InChI=1S/C24H26N2O3/c1-2-3-14-25-15-13-19-18-10-7-11-20(24(28)29)21(18)26(22(19)23(25)27)16-12-17-8-5-4-6-9-17/h4-11H,2-3,12-16H2,1H3,(H,28,29). The summed E-state index contributed by atoms with van der Waals surface area (Å²) in [6.45, 7) is 4.14. The Balaban J connectivity index is 1.83. The molecule has 5 nitrogen and oxygen atoms in total. The van der Waals surface area contributed by atoms with Gasteiger partial charge in [-0.25, -0.2) is 4.79 Å². The van der Waals surface area contributed by atoms with Gasteiger partial charge in [-0.1, -0.05) is 55.8 Å². The molecule has 1 aromatic heterocycles. The summed E-state index contributed by atoms with van der Waals surface area (Å²) in [6, 6.07) is 15.5. The number of nitrogens with zero attached hydrogens (tertiary/aromatic N) is 2. The van der Waals surface area contributed by atoms with Crippen LogP contribution in [0.15, 0.2) is 48.5 Å². The van der Waals surface area contributed by atoms with E-state index in [2.05, 4.69) is 19.1 Å². The Labute approximate surface area is 170 Å². The molecule has 0 atom stereocenters. The van der Waals surface area contributed by atoms with Crippen LogP contribution in [0, 0.1) is 0 Å². The fourth-order valence-corrected chi connectivity index (χ4v) is 4.32. The normalized spacial score (nSPS) is 13.7. The van der Waals surface area contributed by atoms with E-state index in [-0.39, 0.29) is 11.5 Å². The fourth-order valence-electron chi connectivity index (χ4n) is 4.32. The van der Waals surface area contributed by atoms with Crippen LogP contribution in [0.2, 0.25) is 0 Å². The molecule has 1 N–H and O–H groups in total. The molecule has 0 fully saturated rings. The maximum atomic E-state index is 13.4. The lowest BCUT2D eigenvalue weighted by atomic mass is 10.0. The minimum Gasteiger partial charge on any atom is -0.478 e. The summed E-state index contributed by atoms with van der Waals surface area (Å²) in [4.78, 5) is 27.2. The van der Waals surface area contributed by atoms with E-state index in [9.17, 15) is 14.7 Å². The number of fused-ring (bicyclic) bond motifs is 3. The summed E-state index contributed by atoms with van der Waals surface area (Å²) in [5.74, 6) is -0.929. The highest BCUT2D eigenvalue weighted by molar-refractivity contribution is 6.09. The number of aromatic nitrogens is 1. The van der Waals surface area contributed by atoms with E-state index in [1.165, 1.54) is 5.56 Å². The number of carboxylic acids is 1. The molecule has 0 radical (unpaired) electrons. The minimum absolute atomic E-state index is 0.0281. The van der Waals surface area contributed by atoms with Crippen molar-refractivity contribution in [3.8, 4) is 0 Å². The number of amides is 1. The van der Waals surface area contributed by atoms with E-state index in [1.807, 2.05) is 33.7 Å².